The fourth-order valence-corrected chi connectivity index (χ4v) is 1.18. The molecule has 1 unspecified atom stereocenters. The average molecular weight is 159 g/mol. The summed E-state index contributed by atoms with van der Waals surface area (Å²) in [6.07, 6.45) is 2.54. The minimum atomic E-state index is -0.342. The third kappa shape index (κ3) is 2.17. The zero-order chi connectivity index (χ0) is 7.56. The van der Waals surface area contributed by atoms with E-state index in [1.54, 1.807) is 0 Å². The van der Waals surface area contributed by atoms with Crippen LogP contribution in [-0.2, 0) is 0 Å². The lowest BCUT2D eigenvalue weighted by atomic mass is 10.4. The second-order valence-corrected chi connectivity index (χ2v) is 3.29. The maximum Gasteiger partial charge on any atom is 0.133 e. The summed E-state index contributed by atoms with van der Waals surface area (Å²) in [5, 5.41) is 8.04. The van der Waals surface area contributed by atoms with Gasteiger partial charge in [-0.2, -0.15) is 5.26 Å². The normalized spacial score (nSPS) is 20.6. The first kappa shape index (κ1) is 7.84. The van der Waals surface area contributed by atoms with Crippen molar-refractivity contribution in [1.29, 1.82) is 5.26 Å². The van der Waals surface area contributed by atoms with Gasteiger partial charge < -0.3 is 4.90 Å². The van der Waals surface area contributed by atoms with Gasteiger partial charge in [0, 0.05) is 12.6 Å². The smallest absolute Gasteiger partial charge is 0.133 e. The van der Waals surface area contributed by atoms with Crippen molar-refractivity contribution in [2.75, 3.05) is 13.6 Å². The Kier molecular flexibility index (Phi) is 2.53. The molecule has 0 N–H and O–H groups in total. The molecule has 56 valence electrons. The molecule has 1 aliphatic carbocycles. The minimum absolute atomic E-state index is 0.342. The lowest BCUT2D eigenvalue weighted by Crippen LogP contribution is -2.27. The Hall–Kier alpha value is -0.260. The van der Waals surface area contributed by atoms with Gasteiger partial charge in [0.05, 0.1) is 6.07 Å². The predicted molar refractivity (Wildman–Crippen MR) is 40.9 cm³/mol. The van der Waals surface area contributed by atoms with Gasteiger partial charge in [-0.1, -0.05) is 0 Å². The maximum atomic E-state index is 8.38. The van der Waals surface area contributed by atoms with Crippen molar-refractivity contribution in [2.45, 2.75) is 24.3 Å². The highest BCUT2D eigenvalue weighted by molar-refractivity contribution is 6.22. The molecule has 0 aromatic carbocycles. The first-order valence-corrected chi connectivity index (χ1v) is 3.91. The Bertz CT molecular complexity index is 148. The number of nitrogens with zero attached hydrogens (tertiary/aromatic N) is 2. The summed E-state index contributed by atoms with van der Waals surface area (Å²) in [5.74, 6) is 0. The Morgan fingerprint density at radius 2 is 2.40 bits per heavy atom. The average Bonchev–Trinajstić information content (AvgIpc) is 2.68. The topological polar surface area (TPSA) is 27.0 Å². The standard InChI is InChI=1S/C7H11ClN2/c1-10(7-2-3-7)5-6(8)4-9/h6-7H,2-3,5H2,1H3. The molecule has 0 aromatic heterocycles. The molecule has 1 fully saturated rings. The van der Waals surface area contributed by atoms with Crippen molar-refractivity contribution in [1.82, 2.24) is 4.90 Å². The van der Waals surface area contributed by atoms with E-state index >= 15 is 0 Å². The van der Waals surface area contributed by atoms with Gasteiger partial charge in [-0.3, -0.25) is 0 Å². The molecular weight excluding hydrogens is 148 g/mol. The molecule has 0 aliphatic heterocycles. The zero-order valence-electron chi connectivity index (χ0n) is 6.05. The van der Waals surface area contributed by atoms with Gasteiger partial charge in [-0.15, -0.1) is 11.6 Å². The van der Waals surface area contributed by atoms with Crippen molar-refractivity contribution in [3.63, 3.8) is 0 Å². The zero-order valence-corrected chi connectivity index (χ0v) is 6.80. The summed E-state index contributed by atoms with van der Waals surface area (Å²) in [7, 11) is 2.02. The predicted octanol–water partition coefficient (Wildman–Crippen LogP) is 1.21. The number of hydrogen-bond donors (Lipinski definition) is 0. The first-order valence-electron chi connectivity index (χ1n) is 3.48. The SMILES string of the molecule is CN(CC(Cl)C#N)C1CC1. The molecule has 1 rings (SSSR count). The summed E-state index contributed by atoms with van der Waals surface area (Å²) in [6.45, 7) is 0.697. The van der Waals surface area contributed by atoms with E-state index in [1.165, 1.54) is 12.8 Å². The molecule has 0 spiro atoms. The Balaban J connectivity index is 2.17. The van der Waals surface area contributed by atoms with Crippen LogP contribution in [0.1, 0.15) is 12.8 Å². The summed E-state index contributed by atoms with van der Waals surface area (Å²) >= 11 is 5.63. The quantitative estimate of drug-likeness (QED) is 0.578. The highest BCUT2D eigenvalue weighted by atomic mass is 35.5. The van der Waals surface area contributed by atoms with Gasteiger partial charge in [-0.25, -0.2) is 0 Å². The van der Waals surface area contributed by atoms with E-state index in [0.717, 1.165) is 0 Å². The van der Waals surface area contributed by atoms with E-state index in [9.17, 15) is 0 Å². The highest BCUT2D eigenvalue weighted by Gasteiger charge is 2.26. The van der Waals surface area contributed by atoms with Crippen LogP contribution in [0.5, 0.6) is 0 Å². The monoisotopic (exact) mass is 158 g/mol. The third-order valence-corrected chi connectivity index (χ3v) is 1.99. The summed E-state index contributed by atoms with van der Waals surface area (Å²) in [6, 6.07) is 2.71. The Morgan fingerprint density at radius 3 is 2.80 bits per heavy atom. The molecule has 3 heteroatoms. The lowest BCUT2D eigenvalue weighted by Gasteiger charge is -2.14. The molecule has 1 atom stereocenters. The molecule has 10 heavy (non-hydrogen) atoms. The van der Waals surface area contributed by atoms with Crippen molar-refractivity contribution in [2.24, 2.45) is 0 Å². The van der Waals surface area contributed by atoms with Gasteiger partial charge in [0.2, 0.25) is 0 Å². The Morgan fingerprint density at radius 1 is 1.80 bits per heavy atom. The maximum absolute atomic E-state index is 8.38. The number of rotatable bonds is 3. The van der Waals surface area contributed by atoms with Crippen LogP contribution in [0.15, 0.2) is 0 Å². The number of halogens is 1. The van der Waals surface area contributed by atoms with Gasteiger partial charge in [0.25, 0.3) is 0 Å². The van der Waals surface area contributed by atoms with Crippen molar-refractivity contribution in [3.05, 3.63) is 0 Å². The van der Waals surface area contributed by atoms with Crippen molar-refractivity contribution < 1.29 is 0 Å². The second kappa shape index (κ2) is 3.23. The molecule has 1 saturated carbocycles. The number of nitriles is 1. The van der Waals surface area contributed by atoms with Crippen LogP contribution in [-0.4, -0.2) is 29.9 Å². The van der Waals surface area contributed by atoms with Crippen LogP contribution < -0.4 is 0 Å². The van der Waals surface area contributed by atoms with Gasteiger partial charge in [0.1, 0.15) is 5.38 Å². The molecule has 1 aliphatic rings. The van der Waals surface area contributed by atoms with Crippen LogP contribution >= 0.6 is 11.6 Å². The molecule has 0 radical (unpaired) electrons. The molecule has 0 aromatic rings. The molecular formula is C7H11ClN2. The van der Waals surface area contributed by atoms with Crippen molar-refractivity contribution >= 4 is 11.6 Å². The number of hydrogen-bond acceptors (Lipinski definition) is 2. The van der Waals surface area contributed by atoms with Crippen LogP contribution in [0.2, 0.25) is 0 Å². The summed E-state index contributed by atoms with van der Waals surface area (Å²) in [5.41, 5.74) is 0. The minimum Gasteiger partial charge on any atom is -0.301 e. The van der Waals surface area contributed by atoms with Crippen LogP contribution in [0.25, 0.3) is 0 Å². The van der Waals surface area contributed by atoms with E-state index in [1.807, 2.05) is 13.1 Å². The van der Waals surface area contributed by atoms with Gasteiger partial charge >= 0.3 is 0 Å². The summed E-state index contributed by atoms with van der Waals surface area (Å²) in [4.78, 5) is 2.15. The van der Waals surface area contributed by atoms with E-state index in [4.69, 9.17) is 16.9 Å². The van der Waals surface area contributed by atoms with E-state index in [2.05, 4.69) is 4.90 Å². The lowest BCUT2D eigenvalue weighted by molar-refractivity contribution is 0.334. The third-order valence-electron chi connectivity index (χ3n) is 1.76. The van der Waals surface area contributed by atoms with Crippen LogP contribution in [0, 0.1) is 11.3 Å². The Labute approximate surface area is 66.4 Å². The molecule has 0 amide bonds. The fourth-order valence-electron chi connectivity index (χ4n) is 0.958. The molecule has 2 nitrogen and oxygen atoms in total. The van der Waals surface area contributed by atoms with Gasteiger partial charge in [-0.05, 0) is 19.9 Å². The molecule has 0 bridgehead atoms. The largest absolute Gasteiger partial charge is 0.301 e. The first-order chi connectivity index (χ1) is 4.74. The van der Waals surface area contributed by atoms with E-state index < -0.39 is 0 Å². The van der Waals surface area contributed by atoms with E-state index in [0.29, 0.717) is 12.6 Å². The summed E-state index contributed by atoms with van der Waals surface area (Å²) < 4.78 is 0. The molecule has 0 heterocycles. The second-order valence-electron chi connectivity index (χ2n) is 2.77. The van der Waals surface area contributed by atoms with Crippen molar-refractivity contribution in [3.8, 4) is 6.07 Å². The van der Waals surface area contributed by atoms with Crippen LogP contribution in [0.3, 0.4) is 0 Å². The fraction of sp³-hybridized carbons (Fsp3) is 0.857. The van der Waals surface area contributed by atoms with E-state index in [-0.39, 0.29) is 5.38 Å². The van der Waals surface area contributed by atoms with Crippen LogP contribution in [0.4, 0.5) is 0 Å². The molecule has 0 saturated heterocycles. The number of alkyl halides is 1. The highest BCUT2D eigenvalue weighted by Crippen LogP contribution is 2.25. The van der Waals surface area contributed by atoms with Gasteiger partial charge in [0.15, 0.2) is 0 Å².